The lowest BCUT2D eigenvalue weighted by molar-refractivity contribution is -0.119. The van der Waals surface area contributed by atoms with Gasteiger partial charge >= 0.3 is 0 Å². The first-order valence-electron chi connectivity index (χ1n) is 10.8. The molecule has 0 bridgehead atoms. The third kappa shape index (κ3) is 4.91. The predicted molar refractivity (Wildman–Crippen MR) is 137 cm³/mol. The van der Waals surface area contributed by atoms with E-state index in [1.807, 2.05) is 29.0 Å². The third-order valence-electron chi connectivity index (χ3n) is 5.78. The van der Waals surface area contributed by atoms with Crippen LogP contribution in [-0.4, -0.2) is 45.2 Å². The average molecular weight is 497 g/mol. The highest BCUT2D eigenvalue weighted by Crippen LogP contribution is 2.34. The van der Waals surface area contributed by atoms with Crippen molar-refractivity contribution in [1.82, 2.24) is 19.8 Å². The Balaban J connectivity index is 1.20. The van der Waals surface area contributed by atoms with E-state index < -0.39 is 0 Å². The molecule has 1 amide bonds. The molecule has 0 aliphatic carbocycles. The second-order valence-corrected chi connectivity index (χ2v) is 10.9. The number of benzene rings is 1. The Labute approximate surface area is 204 Å². The van der Waals surface area contributed by atoms with Crippen LogP contribution in [0.4, 0.5) is 0 Å². The van der Waals surface area contributed by atoms with Crippen molar-refractivity contribution in [1.29, 1.82) is 0 Å². The summed E-state index contributed by atoms with van der Waals surface area (Å²) in [5, 5.41) is 8.37. The fourth-order valence-electron chi connectivity index (χ4n) is 4.13. The number of nitrogens with one attached hydrogen (secondary N) is 1. The topological polar surface area (TPSA) is 67.2 Å². The van der Waals surface area contributed by atoms with E-state index in [-0.39, 0.29) is 23.3 Å². The van der Waals surface area contributed by atoms with Gasteiger partial charge in [-0.25, -0.2) is 4.98 Å². The smallest absolute Gasteiger partial charge is 0.263 e. The second-order valence-electron chi connectivity index (χ2n) is 8.13. The number of carbonyl (C=O) groups is 1. The number of thiophene rings is 2. The molecule has 1 aromatic carbocycles. The molecule has 6 nitrogen and oxygen atoms in total. The highest BCUT2D eigenvalue weighted by molar-refractivity contribution is 7.99. The molecule has 1 N–H and O–H groups in total. The normalized spacial score (nSPS) is 16.5. The summed E-state index contributed by atoms with van der Waals surface area (Å²) >= 11 is 4.40. The minimum atomic E-state index is -0.0695. The first-order valence-corrected chi connectivity index (χ1v) is 13.5. The number of amides is 1. The Morgan fingerprint density at radius 1 is 1.21 bits per heavy atom. The average Bonchev–Trinajstić information content (AvgIpc) is 3.57. The summed E-state index contributed by atoms with van der Waals surface area (Å²) in [6.07, 6.45) is 0.951. The van der Waals surface area contributed by atoms with Crippen LogP contribution in [-0.2, 0) is 18.4 Å². The second kappa shape index (κ2) is 9.80. The van der Waals surface area contributed by atoms with Gasteiger partial charge in [0.05, 0.1) is 11.1 Å². The van der Waals surface area contributed by atoms with Crippen LogP contribution in [0.5, 0.6) is 0 Å². The molecule has 1 saturated heterocycles. The van der Waals surface area contributed by atoms with Crippen LogP contribution in [0.2, 0.25) is 0 Å². The molecule has 0 unspecified atom stereocenters. The Kier molecular flexibility index (Phi) is 6.64. The zero-order valence-electron chi connectivity index (χ0n) is 18.2. The Hall–Kier alpha value is -2.46. The van der Waals surface area contributed by atoms with Crippen molar-refractivity contribution in [2.24, 2.45) is 7.05 Å². The molecule has 4 heterocycles. The number of hydrogen-bond donors (Lipinski definition) is 1. The van der Waals surface area contributed by atoms with Gasteiger partial charge in [-0.15, -0.1) is 22.7 Å². The van der Waals surface area contributed by atoms with Crippen molar-refractivity contribution in [3.8, 4) is 10.4 Å². The molecule has 5 rings (SSSR count). The zero-order chi connectivity index (χ0) is 22.8. The predicted octanol–water partition coefficient (Wildman–Crippen LogP) is 4.21. The van der Waals surface area contributed by atoms with Gasteiger partial charge in [-0.3, -0.25) is 19.1 Å². The largest absolute Gasteiger partial charge is 0.351 e. The van der Waals surface area contributed by atoms with Gasteiger partial charge in [0.25, 0.3) is 5.56 Å². The molecule has 1 aliphatic heterocycles. The maximum atomic E-state index is 13.1. The van der Waals surface area contributed by atoms with Crippen LogP contribution < -0.4 is 10.9 Å². The molecule has 0 spiro atoms. The van der Waals surface area contributed by atoms with E-state index in [1.54, 1.807) is 23.0 Å². The Morgan fingerprint density at radius 2 is 2.06 bits per heavy atom. The molecule has 0 radical (unpaired) electrons. The summed E-state index contributed by atoms with van der Waals surface area (Å²) in [7, 11) is 1.73. The van der Waals surface area contributed by atoms with Crippen molar-refractivity contribution in [3.63, 3.8) is 0 Å². The van der Waals surface area contributed by atoms with Crippen LogP contribution in [0.1, 0.15) is 12.0 Å². The van der Waals surface area contributed by atoms with Crippen LogP contribution in [0.3, 0.4) is 0 Å². The molecule has 4 aromatic rings. The van der Waals surface area contributed by atoms with Crippen molar-refractivity contribution in [3.05, 3.63) is 69.1 Å². The third-order valence-corrected chi connectivity index (χ3v) is 8.58. The number of aromatic nitrogens is 2. The van der Waals surface area contributed by atoms with Crippen molar-refractivity contribution < 1.29 is 4.79 Å². The Bertz CT molecular complexity index is 1310. The highest BCUT2D eigenvalue weighted by Gasteiger charge is 2.24. The Morgan fingerprint density at radius 3 is 2.85 bits per heavy atom. The van der Waals surface area contributed by atoms with Gasteiger partial charge in [-0.1, -0.05) is 48.2 Å². The van der Waals surface area contributed by atoms with Gasteiger partial charge in [0.1, 0.15) is 4.83 Å². The van der Waals surface area contributed by atoms with Gasteiger partial charge < -0.3 is 5.32 Å². The fraction of sp³-hybridized carbons (Fsp3) is 0.292. The molecule has 3 aromatic heterocycles. The molecule has 170 valence electrons. The number of rotatable bonds is 7. The van der Waals surface area contributed by atoms with Crippen LogP contribution in [0.15, 0.2) is 63.2 Å². The van der Waals surface area contributed by atoms with Crippen LogP contribution >= 0.6 is 34.4 Å². The molecule has 1 fully saturated rings. The summed E-state index contributed by atoms with van der Waals surface area (Å²) in [5.74, 6) is 0.218. The van der Waals surface area contributed by atoms with Crippen LogP contribution in [0, 0.1) is 0 Å². The standard InChI is InChI=1S/C24H24N4O2S3/c1-27-23(30)21-18(19-8-5-11-31-19)14-32-22(21)26-24(27)33-15-20(29)25-17-9-10-28(13-17)12-16-6-3-2-4-7-16/h2-8,11,14,17H,9-10,12-13,15H2,1H3,(H,25,29)/t17-/m1/s1. The minimum Gasteiger partial charge on any atom is -0.351 e. The number of nitrogens with zero attached hydrogens (tertiary/aromatic N) is 3. The maximum absolute atomic E-state index is 13.1. The molecule has 33 heavy (non-hydrogen) atoms. The molecule has 9 heteroatoms. The van der Waals surface area contributed by atoms with Gasteiger partial charge in [0.2, 0.25) is 5.91 Å². The van der Waals surface area contributed by atoms with E-state index in [1.165, 1.54) is 28.7 Å². The van der Waals surface area contributed by atoms with Gasteiger partial charge in [-0.2, -0.15) is 0 Å². The SMILES string of the molecule is Cn1c(SCC(=O)N[C@@H]2CCN(Cc3ccccc3)C2)nc2scc(-c3cccs3)c2c1=O. The van der Waals surface area contributed by atoms with E-state index in [0.29, 0.717) is 10.5 Å². The first-order chi connectivity index (χ1) is 16.1. The first kappa shape index (κ1) is 22.3. The summed E-state index contributed by atoms with van der Waals surface area (Å²) in [6.45, 7) is 2.74. The van der Waals surface area contributed by atoms with E-state index in [4.69, 9.17) is 0 Å². The fourth-order valence-corrected chi connectivity index (χ4v) is 6.72. The number of carbonyl (C=O) groups excluding carboxylic acids is 1. The molecular weight excluding hydrogens is 472 g/mol. The number of hydrogen-bond acceptors (Lipinski definition) is 7. The van der Waals surface area contributed by atoms with Gasteiger partial charge in [-0.05, 0) is 23.4 Å². The monoisotopic (exact) mass is 496 g/mol. The van der Waals surface area contributed by atoms with Crippen LogP contribution in [0.25, 0.3) is 20.7 Å². The van der Waals surface area contributed by atoms with Gasteiger partial charge in [0, 0.05) is 48.5 Å². The highest BCUT2D eigenvalue weighted by atomic mass is 32.2. The summed E-state index contributed by atoms with van der Waals surface area (Å²) in [5.41, 5.74) is 2.16. The van der Waals surface area contributed by atoms with Crippen molar-refractivity contribution in [2.75, 3.05) is 18.8 Å². The van der Waals surface area contributed by atoms with E-state index in [9.17, 15) is 9.59 Å². The van der Waals surface area contributed by atoms with Crippen molar-refractivity contribution in [2.45, 2.75) is 24.2 Å². The maximum Gasteiger partial charge on any atom is 0.263 e. The summed E-state index contributed by atoms with van der Waals surface area (Å²) < 4.78 is 1.56. The molecular formula is C24H24N4O2S3. The van der Waals surface area contributed by atoms with E-state index in [2.05, 4.69) is 39.5 Å². The van der Waals surface area contributed by atoms with Crippen molar-refractivity contribution >= 4 is 50.6 Å². The zero-order valence-corrected chi connectivity index (χ0v) is 20.6. The molecule has 1 aliphatic rings. The van der Waals surface area contributed by atoms with E-state index in [0.717, 1.165) is 41.3 Å². The van der Waals surface area contributed by atoms with E-state index >= 15 is 0 Å². The van der Waals surface area contributed by atoms with Gasteiger partial charge in [0.15, 0.2) is 5.16 Å². The number of fused-ring (bicyclic) bond motifs is 1. The minimum absolute atomic E-state index is 0.0219. The number of thioether (sulfide) groups is 1. The molecule has 1 atom stereocenters. The summed E-state index contributed by atoms with van der Waals surface area (Å²) in [6, 6.07) is 14.6. The quantitative estimate of drug-likeness (QED) is 0.307. The lowest BCUT2D eigenvalue weighted by Crippen LogP contribution is -2.38. The number of likely N-dealkylation sites (tertiary alicyclic amines) is 1. The summed E-state index contributed by atoms with van der Waals surface area (Å²) in [4.78, 5) is 34.5. The molecule has 0 saturated carbocycles. The lowest BCUT2D eigenvalue weighted by atomic mass is 10.2. The lowest BCUT2D eigenvalue weighted by Gasteiger charge is -2.17.